The third kappa shape index (κ3) is 6.46. The number of sulfonamides is 1. The molecular weight excluding hydrogens is 464 g/mol. The molecule has 1 aromatic heterocycles. The van der Waals surface area contributed by atoms with E-state index in [0.29, 0.717) is 25.8 Å². The Labute approximate surface area is 197 Å². The van der Waals surface area contributed by atoms with Crippen molar-refractivity contribution in [1.29, 1.82) is 0 Å². The number of aryl methyl sites for hydroxylation is 1. The molecule has 11 heteroatoms. The van der Waals surface area contributed by atoms with Gasteiger partial charge < -0.3 is 10.6 Å². The van der Waals surface area contributed by atoms with Crippen LogP contribution in [0.25, 0.3) is 0 Å². The van der Waals surface area contributed by atoms with Gasteiger partial charge in [0.25, 0.3) is 5.91 Å². The van der Waals surface area contributed by atoms with Crippen LogP contribution in [0.1, 0.15) is 37.3 Å². The average Bonchev–Trinajstić information content (AvgIpc) is 3.22. The molecule has 0 saturated carbocycles. The monoisotopic (exact) mass is 492 g/mol. The number of hydrogen-bond donors (Lipinski definition) is 3. The first-order chi connectivity index (χ1) is 15.7. The molecule has 3 N–H and O–H groups in total. The van der Waals surface area contributed by atoms with Crippen LogP contribution in [0.3, 0.4) is 0 Å². The number of nitrogens with zero attached hydrogens (tertiary/aromatic N) is 1. The molecule has 0 fully saturated rings. The third-order valence-corrected chi connectivity index (χ3v) is 7.80. The molecule has 0 bridgehead atoms. The quantitative estimate of drug-likeness (QED) is 0.519. The summed E-state index contributed by atoms with van der Waals surface area (Å²) in [7, 11) is -3.95. The summed E-state index contributed by atoms with van der Waals surface area (Å²) in [6, 6.07) is 5.57. The smallest absolute Gasteiger partial charge is 0.289 e. The van der Waals surface area contributed by atoms with Gasteiger partial charge in [-0.1, -0.05) is 32.0 Å². The van der Waals surface area contributed by atoms with Gasteiger partial charge >= 0.3 is 0 Å². The van der Waals surface area contributed by atoms with E-state index in [1.165, 1.54) is 23.5 Å². The first-order valence-electron chi connectivity index (χ1n) is 10.8. The first kappa shape index (κ1) is 25.0. The molecule has 2 atom stereocenters. The summed E-state index contributed by atoms with van der Waals surface area (Å²) in [4.78, 5) is 43.6. The van der Waals surface area contributed by atoms with Crippen LogP contribution in [0.4, 0.5) is 0 Å². The van der Waals surface area contributed by atoms with Gasteiger partial charge in [-0.3, -0.25) is 14.4 Å². The lowest BCUT2D eigenvalue weighted by Crippen LogP contribution is -2.55. The zero-order valence-electron chi connectivity index (χ0n) is 18.5. The molecule has 3 rings (SSSR count). The van der Waals surface area contributed by atoms with Gasteiger partial charge in [0.05, 0.1) is 22.1 Å². The molecule has 2 amide bonds. The maximum atomic E-state index is 13.1. The number of thiazole rings is 1. The Kier molecular flexibility index (Phi) is 8.33. The molecule has 2 aromatic rings. The molecule has 1 aromatic carbocycles. The highest BCUT2D eigenvalue weighted by atomic mass is 32.2. The second kappa shape index (κ2) is 11.0. The van der Waals surface area contributed by atoms with E-state index in [-0.39, 0.29) is 11.3 Å². The van der Waals surface area contributed by atoms with Crippen molar-refractivity contribution in [3.8, 4) is 0 Å². The summed E-state index contributed by atoms with van der Waals surface area (Å²) >= 11 is 1.51. The van der Waals surface area contributed by atoms with Crippen LogP contribution < -0.4 is 15.4 Å². The van der Waals surface area contributed by atoms with Gasteiger partial charge in [0.15, 0.2) is 0 Å². The molecule has 0 saturated heterocycles. The number of ketones is 1. The Balaban J connectivity index is 1.75. The van der Waals surface area contributed by atoms with Gasteiger partial charge in [-0.2, -0.15) is 4.72 Å². The van der Waals surface area contributed by atoms with Gasteiger partial charge in [0, 0.05) is 17.8 Å². The van der Waals surface area contributed by atoms with Crippen molar-refractivity contribution in [2.75, 3.05) is 6.54 Å². The van der Waals surface area contributed by atoms with Gasteiger partial charge in [0.1, 0.15) is 6.04 Å². The number of amides is 2. The lowest BCUT2D eigenvalue weighted by atomic mass is 10.0. The lowest BCUT2D eigenvalue weighted by Gasteiger charge is -2.24. The summed E-state index contributed by atoms with van der Waals surface area (Å²) in [5, 5.41) is 5.22. The summed E-state index contributed by atoms with van der Waals surface area (Å²) in [5.74, 6) is -2.55. The van der Waals surface area contributed by atoms with Crippen molar-refractivity contribution in [3.63, 3.8) is 0 Å². The number of carbonyl (C=O) groups is 3. The van der Waals surface area contributed by atoms with Gasteiger partial charge in [-0.05, 0) is 37.3 Å². The van der Waals surface area contributed by atoms with Crippen LogP contribution in [0.15, 0.2) is 40.7 Å². The van der Waals surface area contributed by atoms with Gasteiger partial charge in [-0.25, -0.2) is 13.4 Å². The number of Topliss-reactive ketones (excluding diaryl/α,β-unsaturated/α-hetero) is 1. The minimum atomic E-state index is -3.95. The lowest BCUT2D eigenvalue weighted by molar-refractivity contribution is -0.140. The van der Waals surface area contributed by atoms with E-state index in [2.05, 4.69) is 20.3 Å². The van der Waals surface area contributed by atoms with Crippen LogP contribution in [-0.4, -0.2) is 49.6 Å². The summed E-state index contributed by atoms with van der Waals surface area (Å²) in [6.45, 7) is 3.70. The highest BCUT2D eigenvalue weighted by Gasteiger charge is 2.33. The molecule has 0 spiro atoms. The fourth-order valence-corrected chi connectivity index (χ4v) is 5.75. The summed E-state index contributed by atoms with van der Waals surface area (Å²) in [5.41, 5.74) is 2.69. The minimum absolute atomic E-state index is 0.0351. The fraction of sp³-hybridized carbons (Fsp3) is 0.455. The molecule has 1 aliphatic heterocycles. The third-order valence-electron chi connectivity index (χ3n) is 5.41. The summed E-state index contributed by atoms with van der Waals surface area (Å²) in [6.07, 6.45) is 2.00. The Morgan fingerprint density at radius 1 is 1.18 bits per heavy atom. The highest BCUT2D eigenvalue weighted by Crippen LogP contribution is 2.18. The van der Waals surface area contributed by atoms with Gasteiger partial charge in [-0.15, -0.1) is 11.3 Å². The van der Waals surface area contributed by atoms with E-state index in [9.17, 15) is 22.8 Å². The highest BCUT2D eigenvalue weighted by molar-refractivity contribution is 7.89. The second-order valence-electron chi connectivity index (χ2n) is 8.20. The van der Waals surface area contributed by atoms with E-state index in [1.54, 1.807) is 37.6 Å². The van der Waals surface area contributed by atoms with Crippen LogP contribution >= 0.6 is 11.3 Å². The fourth-order valence-electron chi connectivity index (χ4n) is 3.57. The molecule has 0 radical (unpaired) electrons. The molecule has 2 unspecified atom stereocenters. The maximum absolute atomic E-state index is 13.1. The van der Waals surface area contributed by atoms with E-state index < -0.39 is 45.6 Å². The Morgan fingerprint density at radius 3 is 2.61 bits per heavy atom. The molecule has 178 valence electrons. The number of benzene rings is 1. The topological polar surface area (TPSA) is 134 Å². The number of nitrogens with one attached hydrogen (secondary N) is 3. The van der Waals surface area contributed by atoms with E-state index in [4.69, 9.17) is 0 Å². The largest absolute Gasteiger partial charge is 0.349 e. The van der Waals surface area contributed by atoms with Crippen LogP contribution in [0.2, 0.25) is 0 Å². The van der Waals surface area contributed by atoms with Crippen molar-refractivity contribution in [1.82, 2.24) is 20.3 Å². The Morgan fingerprint density at radius 2 is 1.91 bits per heavy atom. The van der Waals surface area contributed by atoms with Crippen molar-refractivity contribution >= 4 is 39.0 Å². The van der Waals surface area contributed by atoms with Crippen LogP contribution in [0, 0.1) is 5.92 Å². The molecule has 9 nitrogen and oxygen atoms in total. The normalized spacial score (nSPS) is 18.7. The number of aromatic nitrogens is 1. The number of hydrogen-bond acceptors (Lipinski definition) is 7. The van der Waals surface area contributed by atoms with Crippen molar-refractivity contribution < 1.29 is 22.8 Å². The second-order valence-corrected chi connectivity index (χ2v) is 10.9. The van der Waals surface area contributed by atoms with Crippen molar-refractivity contribution in [2.45, 2.75) is 56.5 Å². The predicted octanol–water partition coefficient (Wildman–Crippen LogP) is 1.20. The molecule has 2 heterocycles. The maximum Gasteiger partial charge on any atom is 0.289 e. The van der Waals surface area contributed by atoms with E-state index >= 15 is 0 Å². The number of carbonyl (C=O) groups excluding carboxylic acids is 3. The average molecular weight is 493 g/mol. The minimum Gasteiger partial charge on any atom is -0.349 e. The van der Waals surface area contributed by atoms with Crippen molar-refractivity contribution in [3.05, 3.63) is 46.4 Å². The van der Waals surface area contributed by atoms with Crippen LogP contribution in [-0.2, 0) is 37.2 Å². The zero-order chi connectivity index (χ0) is 24.0. The van der Waals surface area contributed by atoms with Crippen LogP contribution in [0.5, 0.6) is 0 Å². The number of rotatable bonds is 6. The molecule has 33 heavy (non-hydrogen) atoms. The first-order valence-corrected chi connectivity index (χ1v) is 13.2. The summed E-state index contributed by atoms with van der Waals surface area (Å²) < 4.78 is 27.9. The van der Waals surface area contributed by atoms with Crippen molar-refractivity contribution in [2.24, 2.45) is 5.92 Å². The molecule has 1 aliphatic rings. The molecule has 0 aliphatic carbocycles. The van der Waals surface area contributed by atoms with E-state index in [0.717, 1.165) is 10.6 Å². The van der Waals surface area contributed by atoms with Gasteiger partial charge in [0.2, 0.25) is 21.7 Å². The Hall–Kier alpha value is -2.63. The Bertz CT molecular complexity index is 1100. The molecular formula is C22H28N4O5S2. The predicted molar refractivity (Wildman–Crippen MR) is 124 cm³/mol. The number of fused-ring (bicyclic) bond motifs is 1. The van der Waals surface area contributed by atoms with E-state index in [1.807, 2.05) is 0 Å². The standard InChI is InChI=1S/C22H28N4O5S2/c1-14(2)19(26-33(30,31)15-7-4-3-5-8-15)21(28)25-17-10-6-9-16-18(32-13-24-16)11-12-23-22(29)20(17)27/h3-5,7-8,13-14,17,19,26H,6,9-12H2,1-2H3,(H,23,29)(H,25,28). The zero-order valence-corrected chi connectivity index (χ0v) is 20.2. The SMILES string of the molecule is CC(C)C(NS(=O)(=O)c1ccccc1)C(=O)NC1CCCc2ncsc2CCNC(=O)C1=O.